The van der Waals surface area contributed by atoms with Crippen LogP contribution in [0.5, 0.6) is 0 Å². The van der Waals surface area contributed by atoms with E-state index in [1.165, 1.54) is 37.3 Å². The highest BCUT2D eigenvalue weighted by molar-refractivity contribution is 5.20. The van der Waals surface area contributed by atoms with Crippen LogP contribution in [0.25, 0.3) is 0 Å². The molecule has 0 amide bonds. The Morgan fingerprint density at radius 2 is 2.10 bits per heavy atom. The number of rotatable bonds is 5. The second-order valence-electron chi connectivity index (χ2n) is 6.59. The molecule has 1 aliphatic heterocycles. The van der Waals surface area contributed by atoms with Crippen LogP contribution in [0.1, 0.15) is 56.6 Å². The summed E-state index contributed by atoms with van der Waals surface area (Å²) >= 11 is 0. The summed E-state index contributed by atoms with van der Waals surface area (Å²) in [6.45, 7) is 7.98. The highest BCUT2D eigenvalue weighted by Crippen LogP contribution is 2.48. The average Bonchev–Trinajstić information content (AvgIpc) is 3.01. The number of nitrogens with one attached hydrogen (secondary N) is 1. The number of piperidine rings is 1. The van der Waals surface area contributed by atoms with Crippen molar-refractivity contribution < 1.29 is 4.42 Å². The van der Waals surface area contributed by atoms with Crippen molar-refractivity contribution in [2.75, 3.05) is 26.7 Å². The number of hydrogen-bond donors (Lipinski definition) is 1. The molecule has 2 fully saturated rings. The monoisotopic (exact) mass is 276 g/mol. The highest BCUT2D eigenvalue weighted by atomic mass is 16.3. The number of likely N-dealkylation sites (tertiary alicyclic amines) is 1. The third-order valence-electron chi connectivity index (χ3n) is 5.15. The maximum Gasteiger partial charge on any atom is 0.121 e. The van der Waals surface area contributed by atoms with Crippen LogP contribution in [-0.2, 0) is 0 Å². The summed E-state index contributed by atoms with van der Waals surface area (Å²) in [6, 6.07) is 4.92. The van der Waals surface area contributed by atoms with E-state index in [0.717, 1.165) is 19.0 Å². The first-order valence-electron chi connectivity index (χ1n) is 8.22. The summed E-state index contributed by atoms with van der Waals surface area (Å²) in [4.78, 5) is 2.59. The standard InChI is InChI=1S/C17H28N2O/c1-4-19-9-5-6-13(11-18-3)17(19)16-8-7-15(20-16)14-10-12(14)2/h7-8,12-14,17-18H,4-6,9-11H2,1-3H3. The van der Waals surface area contributed by atoms with E-state index in [9.17, 15) is 0 Å². The van der Waals surface area contributed by atoms with Crippen LogP contribution in [0.4, 0.5) is 0 Å². The van der Waals surface area contributed by atoms with E-state index in [0.29, 0.717) is 17.9 Å². The van der Waals surface area contributed by atoms with Gasteiger partial charge in [0.05, 0.1) is 6.04 Å². The van der Waals surface area contributed by atoms with Gasteiger partial charge in [-0.15, -0.1) is 0 Å². The second-order valence-corrected chi connectivity index (χ2v) is 6.59. The van der Waals surface area contributed by atoms with E-state index in [1.807, 2.05) is 0 Å². The minimum atomic E-state index is 0.462. The molecule has 1 aliphatic carbocycles. The third-order valence-corrected chi connectivity index (χ3v) is 5.15. The van der Waals surface area contributed by atoms with Crippen LogP contribution in [0.15, 0.2) is 16.5 Å². The van der Waals surface area contributed by atoms with E-state index >= 15 is 0 Å². The molecule has 0 aromatic carbocycles. The molecule has 1 saturated heterocycles. The fourth-order valence-corrected chi connectivity index (χ4v) is 3.84. The summed E-state index contributed by atoms with van der Waals surface area (Å²) in [5.74, 6) is 4.59. The van der Waals surface area contributed by atoms with E-state index < -0.39 is 0 Å². The van der Waals surface area contributed by atoms with Gasteiger partial charge >= 0.3 is 0 Å². The van der Waals surface area contributed by atoms with Gasteiger partial charge in [0.2, 0.25) is 0 Å². The molecule has 2 heterocycles. The Hall–Kier alpha value is -0.800. The maximum absolute atomic E-state index is 6.26. The van der Waals surface area contributed by atoms with E-state index in [1.54, 1.807) is 0 Å². The summed E-state index contributed by atoms with van der Waals surface area (Å²) in [5.41, 5.74) is 0. The van der Waals surface area contributed by atoms with Crippen molar-refractivity contribution in [1.82, 2.24) is 10.2 Å². The smallest absolute Gasteiger partial charge is 0.121 e. The molecule has 0 radical (unpaired) electrons. The van der Waals surface area contributed by atoms with Crippen molar-refractivity contribution in [1.29, 1.82) is 0 Å². The lowest BCUT2D eigenvalue weighted by Gasteiger charge is -2.39. The first-order valence-corrected chi connectivity index (χ1v) is 8.22. The van der Waals surface area contributed by atoms with Gasteiger partial charge in [0.25, 0.3) is 0 Å². The van der Waals surface area contributed by atoms with Crippen LogP contribution >= 0.6 is 0 Å². The van der Waals surface area contributed by atoms with Gasteiger partial charge in [0.15, 0.2) is 0 Å². The molecule has 112 valence electrons. The molecule has 0 bridgehead atoms. The molecular formula is C17H28N2O. The molecule has 1 aromatic heterocycles. The Labute approximate surface area is 122 Å². The van der Waals surface area contributed by atoms with Gasteiger partial charge in [0, 0.05) is 5.92 Å². The maximum atomic E-state index is 6.26. The quantitative estimate of drug-likeness (QED) is 0.893. The number of furan rings is 1. The van der Waals surface area contributed by atoms with Gasteiger partial charge in [0.1, 0.15) is 11.5 Å². The molecule has 20 heavy (non-hydrogen) atoms. The van der Waals surface area contributed by atoms with Crippen molar-refractivity contribution in [3.63, 3.8) is 0 Å². The van der Waals surface area contributed by atoms with E-state index in [4.69, 9.17) is 4.42 Å². The van der Waals surface area contributed by atoms with Crippen LogP contribution in [0.2, 0.25) is 0 Å². The van der Waals surface area contributed by atoms with Gasteiger partial charge in [-0.2, -0.15) is 0 Å². The molecule has 2 aliphatic rings. The Balaban J connectivity index is 1.80. The molecule has 4 unspecified atom stereocenters. The second kappa shape index (κ2) is 5.90. The van der Waals surface area contributed by atoms with Crippen molar-refractivity contribution in [2.24, 2.45) is 11.8 Å². The zero-order valence-electron chi connectivity index (χ0n) is 13.1. The summed E-state index contributed by atoms with van der Waals surface area (Å²) in [6.07, 6.45) is 3.91. The summed E-state index contributed by atoms with van der Waals surface area (Å²) in [7, 11) is 2.06. The van der Waals surface area contributed by atoms with Crippen molar-refractivity contribution in [3.8, 4) is 0 Å². The SMILES string of the molecule is CCN1CCCC(CNC)C1c1ccc(C2CC2C)o1. The Morgan fingerprint density at radius 3 is 2.75 bits per heavy atom. The van der Waals surface area contributed by atoms with Gasteiger partial charge < -0.3 is 9.73 Å². The molecule has 4 atom stereocenters. The van der Waals surface area contributed by atoms with Crippen LogP contribution in [-0.4, -0.2) is 31.6 Å². The topological polar surface area (TPSA) is 28.4 Å². The predicted octanol–water partition coefficient (Wildman–Crippen LogP) is 3.40. The van der Waals surface area contributed by atoms with Gasteiger partial charge in [-0.05, 0) is 69.9 Å². The lowest BCUT2D eigenvalue weighted by Crippen LogP contribution is -2.41. The first-order chi connectivity index (χ1) is 9.74. The molecule has 1 saturated carbocycles. The van der Waals surface area contributed by atoms with E-state index in [2.05, 4.69) is 43.2 Å². The van der Waals surface area contributed by atoms with Gasteiger partial charge in [-0.3, -0.25) is 4.90 Å². The Bertz CT molecular complexity index is 440. The number of hydrogen-bond acceptors (Lipinski definition) is 3. The highest BCUT2D eigenvalue weighted by Gasteiger charge is 2.38. The minimum Gasteiger partial charge on any atom is -0.464 e. The Morgan fingerprint density at radius 1 is 1.35 bits per heavy atom. The molecule has 3 rings (SSSR count). The lowest BCUT2D eigenvalue weighted by molar-refractivity contribution is 0.0806. The zero-order valence-corrected chi connectivity index (χ0v) is 13.1. The molecule has 3 nitrogen and oxygen atoms in total. The van der Waals surface area contributed by atoms with Crippen LogP contribution in [0, 0.1) is 11.8 Å². The molecule has 3 heteroatoms. The third kappa shape index (κ3) is 2.66. The molecule has 1 N–H and O–H groups in total. The average molecular weight is 276 g/mol. The molecule has 0 spiro atoms. The van der Waals surface area contributed by atoms with Crippen molar-refractivity contribution >= 4 is 0 Å². The van der Waals surface area contributed by atoms with Gasteiger partial charge in [-0.1, -0.05) is 13.8 Å². The van der Waals surface area contributed by atoms with Crippen LogP contribution in [0.3, 0.4) is 0 Å². The molecular weight excluding hydrogens is 248 g/mol. The number of nitrogens with zero attached hydrogens (tertiary/aromatic N) is 1. The van der Waals surface area contributed by atoms with Crippen molar-refractivity contribution in [2.45, 2.75) is 45.1 Å². The van der Waals surface area contributed by atoms with Crippen LogP contribution < -0.4 is 5.32 Å². The predicted molar refractivity (Wildman–Crippen MR) is 81.9 cm³/mol. The summed E-state index contributed by atoms with van der Waals surface area (Å²) < 4.78 is 6.26. The summed E-state index contributed by atoms with van der Waals surface area (Å²) in [5, 5.41) is 3.36. The minimum absolute atomic E-state index is 0.462. The first kappa shape index (κ1) is 14.2. The van der Waals surface area contributed by atoms with Crippen molar-refractivity contribution in [3.05, 3.63) is 23.7 Å². The van der Waals surface area contributed by atoms with E-state index in [-0.39, 0.29) is 0 Å². The Kier molecular flexibility index (Phi) is 4.18. The fraction of sp³-hybridized carbons (Fsp3) is 0.765. The largest absolute Gasteiger partial charge is 0.464 e. The van der Waals surface area contributed by atoms with Gasteiger partial charge in [-0.25, -0.2) is 0 Å². The zero-order chi connectivity index (χ0) is 14.1. The normalized spacial score (nSPS) is 34.4. The molecule has 1 aromatic rings. The fourth-order valence-electron chi connectivity index (χ4n) is 3.84. The lowest BCUT2D eigenvalue weighted by atomic mass is 9.87.